The predicted molar refractivity (Wildman–Crippen MR) is 65.8 cm³/mol. The van der Waals surface area contributed by atoms with Gasteiger partial charge in [0, 0.05) is 5.56 Å². The molecule has 0 radical (unpaired) electrons. The average molecular weight is 320 g/mol. The Labute approximate surface area is 120 Å². The third-order valence-corrected chi connectivity index (χ3v) is 2.46. The first kappa shape index (κ1) is 15.0. The molecule has 1 aromatic heterocycles. The Morgan fingerprint density at radius 2 is 2.05 bits per heavy atom. The van der Waals surface area contributed by atoms with E-state index >= 15 is 0 Å². The van der Waals surface area contributed by atoms with E-state index in [1.807, 2.05) is 0 Å². The smallest absolute Gasteiger partial charge is 0.406 e. The molecule has 1 aromatic carbocycles. The zero-order valence-electron chi connectivity index (χ0n) is 9.96. The SMILES string of the molecule is O=[N+]([O-])c1cnc(Cl)nc1-c1cccc(OC(F)(F)F)c1. The van der Waals surface area contributed by atoms with Crippen LogP contribution in [0.4, 0.5) is 18.9 Å². The van der Waals surface area contributed by atoms with Crippen LogP contribution in [0.5, 0.6) is 5.75 Å². The fourth-order valence-electron chi connectivity index (χ4n) is 1.54. The normalized spacial score (nSPS) is 11.2. The van der Waals surface area contributed by atoms with Gasteiger partial charge in [-0.15, -0.1) is 13.2 Å². The minimum Gasteiger partial charge on any atom is -0.406 e. The maximum absolute atomic E-state index is 12.2. The molecular weight excluding hydrogens is 315 g/mol. The van der Waals surface area contributed by atoms with Crippen molar-refractivity contribution >= 4 is 17.3 Å². The van der Waals surface area contributed by atoms with Crippen molar-refractivity contribution in [3.05, 3.63) is 45.9 Å². The maximum atomic E-state index is 12.2. The number of alkyl halides is 3. The molecule has 0 aliphatic carbocycles. The number of hydrogen-bond acceptors (Lipinski definition) is 5. The van der Waals surface area contributed by atoms with Crippen LogP contribution in [0.25, 0.3) is 11.3 Å². The van der Waals surface area contributed by atoms with Crippen molar-refractivity contribution < 1.29 is 22.8 Å². The average Bonchev–Trinajstić information content (AvgIpc) is 2.36. The summed E-state index contributed by atoms with van der Waals surface area (Å²) in [6.45, 7) is 0. The molecule has 0 bridgehead atoms. The van der Waals surface area contributed by atoms with E-state index in [-0.39, 0.29) is 16.5 Å². The van der Waals surface area contributed by atoms with Gasteiger partial charge in [-0.05, 0) is 23.7 Å². The molecule has 0 saturated heterocycles. The molecule has 0 aliphatic heterocycles. The van der Waals surface area contributed by atoms with Gasteiger partial charge in [0.2, 0.25) is 5.28 Å². The Kier molecular flexibility index (Phi) is 3.94. The highest BCUT2D eigenvalue weighted by molar-refractivity contribution is 6.28. The Bertz CT molecular complexity index is 694. The highest BCUT2D eigenvalue weighted by Gasteiger charge is 2.31. The van der Waals surface area contributed by atoms with E-state index in [4.69, 9.17) is 11.6 Å². The zero-order valence-corrected chi connectivity index (χ0v) is 10.7. The number of halogens is 4. The maximum Gasteiger partial charge on any atom is 0.573 e. The molecule has 0 amide bonds. The van der Waals surface area contributed by atoms with Crippen LogP contribution in [0.2, 0.25) is 5.28 Å². The second-order valence-electron chi connectivity index (χ2n) is 3.71. The minimum atomic E-state index is -4.87. The second kappa shape index (κ2) is 5.52. The van der Waals surface area contributed by atoms with E-state index in [1.54, 1.807) is 0 Å². The van der Waals surface area contributed by atoms with Gasteiger partial charge in [-0.25, -0.2) is 9.97 Å². The summed E-state index contributed by atoms with van der Waals surface area (Å²) in [5, 5.41) is 10.6. The van der Waals surface area contributed by atoms with Crippen LogP contribution in [0.15, 0.2) is 30.5 Å². The lowest BCUT2D eigenvalue weighted by Gasteiger charge is -2.10. The van der Waals surface area contributed by atoms with Gasteiger partial charge in [-0.3, -0.25) is 10.1 Å². The van der Waals surface area contributed by atoms with Gasteiger partial charge < -0.3 is 4.74 Å². The van der Waals surface area contributed by atoms with E-state index in [0.29, 0.717) is 0 Å². The first-order chi connectivity index (χ1) is 9.76. The molecule has 2 aromatic rings. The van der Waals surface area contributed by atoms with Crippen molar-refractivity contribution in [3.8, 4) is 17.0 Å². The van der Waals surface area contributed by atoms with Crippen molar-refractivity contribution in [2.45, 2.75) is 6.36 Å². The zero-order chi connectivity index (χ0) is 15.6. The largest absolute Gasteiger partial charge is 0.573 e. The lowest BCUT2D eigenvalue weighted by atomic mass is 10.1. The highest BCUT2D eigenvalue weighted by atomic mass is 35.5. The molecular formula is C11H5ClF3N3O3. The van der Waals surface area contributed by atoms with E-state index in [9.17, 15) is 23.3 Å². The van der Waals surface area contributed by atoms with Crippen LogP contribution in [0.3, 0.4) is 0 Å². The summed E-state index contributed by atoms with van der Waals surface area (Å²) in [6, 6.07) is 4.62. The van der Waals surface area contributed by atoms with E-state index in [2.05, 4.69) is 14.7 Å². The fourth-order valence-corrected chi connectivity index (χ4v) is 1.67. The van der Waals surface area contributed by atoms with Crippen molar-refractivity contribution in [1.82, 2.24) is 9.97 Å². The summed E-state index contributed by atoms with van der Waals surface area (Å²) >= 11 is 5.56. The Morgan fingerprint density at radius 3 is 2.67 bits per heavy atom. The van der Waals surface area contributed by atoms with Crippen LogP contribution >= 0.6 is 11.6 Å². The summed E-state index contributed by atoms with van der Waals surface area (Å²) in [4.78, 5) is 17.3. The molecule has 6 nitrogen and oxygen atoms in total. The molecule has 10 heteroatoms. The van der Waals surface area contributed by atoms with Crippen molar-refractivity contribution in [2.75, 3.05) is 0 Å². The Morgan fingerprint density at radius 1 is 1.33 bits per heavy atom. The van der Waals surface area contributed by atoms with Crippen molar-refractivity contribution in [1.29, 1.82) is 0 Å². The summed E-state index contributed by atoms with van der Waals surface area (Å²) in [6.07, 6.45) is -3.99. The number of aromatic nitrogens is 2. The van der Waals surface area contributed by atoms with Crippen LogP contribution in [0, 0.1) is 10.1 Å². The van der Waals surface area contributed by atoms with E-state index in [1.165, 1.54) is 12.1 Å². The molecule has 0 unspecified atom stereocenters. The second-order valence-corrected chi connectivity index (χ2v) is 4.04. The standard InChI is InChI=1S/C11H5ClF3N3O3/c12-10-16-5-8(18(19)20)9(17-10)6-2-1-3-7(4-6)21-11(13,14)15/h1-5H. The predicted octanol–water partition coefficient (Wildman–Crippen LogP) is 3.60. The molecule has 1 heterocycles. The molecule has 0 N–H and O–H groups in total. The first-order valence-corrected chi connectivity index (χ1v) is 5.67. The van der Waals surface area contributed by atoms with Crippen molar-refractivity contribution in [3.63, 3.8) is 0 Å². The van der Waals surface area contributed by atoms with Crippen LogP contribution in [-0.4, -0.2) is 21.3 Å². The molecule has 0 saturated carbocycles. The first-order valence-electron chi connectivity index (χ1n) is 5.29. The lowest BCUT2D eigenvalue weighted by molar-refractivity contribution is -0.384. The Hall–Kier alpha value is -2.42. The number of ether oxygens (including phenoxy) is 1. The quantitative estimate of drug-likeness (QED) is 0.490. The minimum absolute atomic E-state index is 0.0488. The summed E-state index contributed by atoms with van der Waals surface area (Å²) in [5.74, 6) is -0.524. The number of nitro groups is 1. The van der Waals surface area contributed by atoms with Crippen LogP contribution in [0.1, 0.15) is 0 Å². The monoisotopic (exact) mass is 319 g/mol. The molecule has 0 spiro atoms. The van der Waals surface area contributed by atoms with Crippen molar-refractivity contribution in [2.24, 2.45) is 0 Å². The Balaban J connectivity index is 2.50. The van der Waals surface area contributed by atoms with Gasteiger partial charge in [0.05, 0.1) is 4.92 Å². The molecule has 0 aliphatic rings. The molecule has 2 rings (SSSR count). The summed E-state index contributed by atoms with van der Waals surface area (Å²) in [5.41, 5.74) is -0.635. The fraction of sp³-hybridized carbons (Fsp3) is 0.0909. The topological polar surface area (TPSA) is 78.2 Å². The summed E-state index contributed by atoms with van der Waals surface area (Å²) in [7, 11) is 0. The molecule has 110 valence electrons. The number of benzene rings is 1. The van der Waals surface area contributed by atoms with E-state index < -0.39 is 22.7 Å². The molecule has 21 heavy (non-hydrogen) atoms. The molecule has 0 fully saturated rings. The molecule has 0 atom stereocenters. The van der Waals surface area contributed by atoms with Gasteiger partial charge in [-0.1, -0.05) is 12.1 Å². The third kappa shape index (κ3) is 3.78. The third-order valence-electron chi connectivity index (χ3n) is 2.28. The van der Waals surface area contributed by atoms with Gasteiger partial charge in [0.15, 0.2) is 5.69 Å². The summed E-state index contributed by atoms with van der Waals surface area (Å²) < 4.78 is 40.3. The van der Waals surface area contributed by atoms with Gasteiger partial charge in [0.1, 0.15) is 11.9 Å². The van der Waals surface area contributed by atoms with Gasteiger partial charge in [-0.2, -0.15) is 0 Å². The highest BCUT2D eigenvalue weighted by Crippen LogP contribution is 2.32. The van der Waals surface area contributed by atoms with Gasteiger partial charge >= 0.3 is 12.0 Å². The van der Waals surface area contributed by atoms with E-state index in [0.717, 1.165) is 18.3 Å². The number of nitrogens with zero attached hydrogens (tertiary/aromatic N) is 3. The lowest BCUT2D eigenvalue weighted by Crippen LogP contribution is -2.17. The number of rotatable bonds is 3. The van der Waals surface area contributed by atoms with Crippen LogP contribution in [-0.2, 0) is 0 Å². The number of hydrogen-bond donors (Lipinski definition) is 0. The van der Waals surface area contributed by atoms with Gasteiger partial charge in [0.25, 0.3) is 0 Å². The van der Waals surface area contributed by atoms with Crippen LogP contribution < -0.4 is 4.74 Å².